The minimum absolute atomic E-state index is 0.115. The molecule has 2 bridgehead atoms. The Morgan fingerprint density at radius 1 is 1.21 bits per heavy atom. The van der Waals surface area contributed by atoms with Crippen LogP contribution in [0.5, 0.6) is 0 Å². The predicted molar refractivity (Wildman–Crippen MR) is 118 cm³/mol. The van der Waals surface area contributed by atoms with E-state index in [9.17, 15) is 14.4 Å². The number of carbonyl (C=O) groups is 3. The molecule has 1 aliphatic carbocycles. The first-order valence-electron chi connectivity index (χ1n) is 10.8. The number of hydrogen-bond acceptors (Lipinski definition) is 6. The van der Waals surface area contributed by atoms with Crippen molar-refractivity contribution in [1.82, 2.24) is 5.32 Å². The number of ether oxygens (including phenoxy) is 2. The average molecular weight is 448 g/mol. The van der Waals surface area contributed by atoms with Crippen LogP contribution in [0.1, 0.15) is 17.5 Å². The number of alkyl carbamates (subject to hydrolysis) is 1. The summed E-state index contributed by atoms with van der Waals surface area (Å²) in [6.45, 7) is 0.326. The number of nitrogens with zero attached hydrogens (tertiary/aromatic N) is 1. The number of nitrogens with one attached hydrogen (secondary N) is 1. The van der Waals surface area contributed by atoms with Crippen LogP contribution in [0.2, 0.25) is 0 Å². The van der Waals surface area contributed by atoms with Crippen LogP contribution in [0.15, 0.2) is 66.2 Å². The number of hydrogen-bond donors (Lipinski definition) is 1. The van der Waals surface area contributed by atoms with Crippen molar-refractivity contribution < 1.29 is 28.7 Å². The molecule has 0 radical (unpaired) electrons. The third-order valence-electron chi connectivity index (χ3n) is 6.74. The fraction of sp³-hybridized carbons (Fsp3) is 0.320. The smallest absolute Gasteiger partial charge is 0.407 e. The molecular formula is C25H24N2O6. The monoisotopic (exact) mass is 448 g/mol. The molecular weight excluding hydrogens is 424 g/mol. The molecule has 4 atom stereocenters. The summed E-state index contributed by atoms with van der Waals surface area (Å²) in [6.07, 6.45) is 1.47. The van der Waals surface area contributed by atoms with Crippen molar-refractivity contribution in [3.05, 3.63) is 77.4 Å². The van der Waals surface area contributed by atoms with Crippen molar-refractivity contribution in [2.24, 2.45) is 5.92 Å². The molecule has 1 spiro atoms. The van der Waals surface area contributed by atoms with Crippen LogP contribution in [-0.2, 0) is 35.9 Å². The van der Waals surface area contributed by atoms with Crippen LogP contribution in [0.4, 0.5) is 10.5 Å². The lowest BCUT2D eigenvalue weighted by atomic mass is 9.72. The second-order valence-corrected chi connectivity index (χ2v) is 8.43. The van der Waals surface area contributed by atoms with Gasteiger partial charge < -0.3 is 14.8 Å². The van der Waals surface area contributed by atoms with Crippen molar-refractivity contribution in [3.8, 4) is 0 Å². The van der Waals surface area contributed by atoms with Gasteiger partial charge in [0, 0.05) is 12.0 Å². The third kappa shape index (κ3) is 3.42. The maximum atomic E-state index is 13.7. The molecule has 3 aliphatic heterocycles. The van der Waals surface area contributed by atoms with Crippen LogP contribution >= 0.6 is 0 Å². The Labute approximate surface area is 191 Å². The van der Waals surface area contributed by atoms with Gasteiger partial charge >= 0.3 is 6.09 Å². The summed E-state index contributed by atoms with van der Waals surface area (Å²) < 4.78 is 11.5. The Hall–Kier alpha value is -3.49. The van der Waals surface area contributed by atoms with Gasteiger partial charge in [0.2, 0.25) is 0 Å². The molecule has 8 heteroatoms. The van der Waals surface area contributed by atoms with Gasteiger partial charge in [0.15, 0.2) is 0 Å². The van der Waals surface area contributed by atoms with Crippen LogP contribution in [0.3, 0.4) is 0 Å². The van der Waals surface area contributed by atoms with E-state index in [1.807, 2.05) is 54.6 Å². The summed E-state index contributed by atoms with van der Waals surface area (Å²) in [6, 6.07) is 16.2. The molecule has 0 saturated carbocycles. The number of hydroxylamine groups is 1. The summed E-state index contributed by atoms with van der Waals surface area (Å²) in [5.74, 6) is -0.677. The molecule has 8 nitrogen and oxygen atoms in total. The molecule has 0 aromatic heterocycles. The maximum Gasteiger partial charge on any atom is 0.407 e. The van der Waals surface area contributed by atoms with Crippen LogP contribution in [-0.4, -0.2) is 44.1 Å². The zero-order chi connectivity index (χ0) is 23.0. The summed E-state index contributed by atoms with van der Waals surface area (Å²) in [7, 11) is 1.44. The van der Waals surface area contributed by atoms with E-state index >= 15 is 0 Å². The number of rotatable bonds is 5. The van der Waals surface area contributed by atoms with E-state index in [0.29, 0.717) is 11.3 Å². The normalized spacial score (nSPS) is 27.7. The lowest BCUT2D eigenvalue weighted by molar-refractivity contribution is -0.133. The number of benzene rings is 2. The Morgan fingerprint density at radius 3 is 2.73 bits per heavy atom. The maximum absolute atomic E-state index is 13.7. The molecule has 170 valence electrons. The second-order valence-electron chi connectivity index (χ2n) is 8.43. The van der Waals surface area contributed by atoms with Crippen molar-refractivity contribution in [2.75, 3.05) is 18.8 Å². The summed E-state index contributed by atoms with van der Waals surface area (Å²) in [4.78, 5) is 43.7. The fourth-order valence-corrected chi connectivity index (χ4v) is 5.17. The van der Waals surface area contributed by atoms with Gasteiger partial charge in [-0.05, 0) is 35.3 Å². The van der Waals surface area contributed by atoms with Gasteiger partial charge in [-0.25, -0.2) is 4.79 Å². The molecule has 1 saturated heterocycles. The zero-order valence-electron chi connectivity index (χ0n) is 18.1. The highest BCUT2D eigenvalue weighted by Crippen LogP contribution is 2.52. The van der Waals surface area contributed by atoms with Gasteiger partial charge in [-0.1, -0.05) is 48.5 Å². The molecule has 2 amide bonds. The topological polar surface area (TPSA) is 94.2 Å². The molecule has 2 aromatic carbocycles. The molecule has 33 heavy (non-hydrogen) atoms. The summed E-state index contributed by atoms with van der Waals surface area (Å²) in [5, 5.41) is 4.16. The largest absolute Gasteiger partial charge is 0.445 e. The van der Waals surface area contributed by atoms with Crippen LogP contribution in [0.25, 0.3) is 0 Å². The summed E-state index contributed by atoms with van der Waals surface area (Å²) in [5.41, 5.74) is 1.61. The van der Waals surface area contributed by atoms with Gasteiger partial charge in [-0.3, -0.25) is 14.4 Å². The van der Waals surface area contributed by atoms with E-state index < -0.39 is 23.7 Å². The van der Waals surface area contributed by atoms with Crippen LogP contribution < -0.4 is 10.4 Å². The highest BCUT2D eigenvalue weighted by Gasteiger charge is 2.61. The molecule has 2 aromatic rings. The Bertz CT molecular complexity index is 1120. The number of fused-ring (bicyclic) bond motifs is 3. The minimum atomic E-state index is -1.14. The quantitative estimate of drug-likeness (QED) is 0.707. The lowest BCUT2D eigenvalue weighted by Crippen LogP contribution is -2.51. The Morgan fingerprint density at radius 2 is 1.97 bits per heavy atom. The first-order chi connectivity index (χ1) is 16.1. The van der Waals surface area contributed by atoms with Crippen molar-refractivity contribution >= 4 is 24.0 Å². The molecule has 4 aliphatic rings. The lowest BCUT2D eigenvalue weighted by Gasteiger charge is -2.33. The Kier molecular flexibility index (Phi) is 5.47. The summed E-state index contributed by atoms with van der Waals surface area (Å²) >= 11 is 0. The first kappa shape index (κ1) is 21.4. The first-order valence-corrected chi connectivity index (χ1v) is 10.8. The highest BCUT2D eigenvalue weighted by molar-refractivity contribution is 6.07. The molecule has 1 fully saturated rings. The number of amides is 2. The average Bonchev–Trinajstić information content (AvgIpc) is 2.94. The number of carbonyl (C=O) groups excluding carboxylic acids is 3. The van der Waals surface area contributed by atoms with Gasteiger partial charge in [-0.15, -0.1) is 0 Å². The van der Waals surface area contributed by atoms with Crippen molar-refractivity contribution in [2.45, 2.75) is 30.6 Å². The van der Waals surface area contributed by atoms with E-state index in [1.165, 1.54) is 12.2 Å². The second kappa shape index (κ2) is 8.46. The van der Waals surface area contributed by atoms with Crippen LogP contribution in [0, 0.1) is 5.92 Å². The third-order valence-corrected chi connectivity index (χ3v) is 6.74. The highest BCUT2D eigenvalue weighted by atomic mass is 16.7. The van der Waals surface area contributed by atoms with E-state index in [2.05, 4.69) is 5.32 Å². The van der Waals surface area contributed by atoms with Crippen molar-refractivity contribution in [3.63, 3.8) is 0 Å². The SMILES string of the molecule is CON1C(=O)[C@@]2(C[C@H](NC(=O)OCc3ccccc3)[C@H]3CO[C@@H]2C=C3C=O)c2ccccc21. The fourth-order valence-electron chi connectivity index (χ4n) is 5.17. The van der Waals surface area contributed by atoms with E-state index in [0.717, 1.165) is 17.4 Å². The number of anilines is 1. The molecule has 6 rings (SSSR count). The van der Waals surface area contributed by atoms with Gasteiger partial charge in [-0.2, -0.15) is 5.06 Å². The van der Waals surface area contributed by atoms with Gasteiger partial charge in [0.25, 0.3) is 5.91 Å². The number of para-hydroxylation sites is 1. The Balaban J connectivity index is 1.48. The van der Waals surface area contributed by atoms with E-state index in [4.69, 9.17) is 14.3 Å². The van der Waals surface area contributed by atoms with E-state index in [-0.39, 0.29) is 31.5 Å². The van der Waals surface area contributed by atoms with Gasteiger partial charge in [0.05, 0.1) is 25.5 Å². The molecule has 0 unspecified atom stereocenters. The minimum Gasteiger partial charge on any atom is -0.445 e. The standard InChI is InChI=1S/C25H24N2O6/c1-31-27-21-10-6-5-9-19(21)25(23(27)29)12-20(18-15-32-22(25)11-17(18)13-28)26-24(30)33-14-16-7-3-2-4-8-16/h2-11,13,18,20,22H,12,14-15H2,1H3,(H,26,30)/t18-,20-,22+,25-/m0/s1. The molecule has 1 N–H and O–H groups in total. The van der Waals surface area contributed by atoms with E-state index in [1.54, 1.807) is 6.08 Å². The molecule has 3 heterocycles. The van der Waals surface area contributed by atoms with Crippen molar-refractivity contribution in [1.29, 1.82) is 0 Å². The predicted octanol–water partition coefficient (Wildman–Crippen LogP) is 2.67. The van der Waals surface area contributed by atoms with Gasteiger partial charge in [0.1, 0.15) is 18.3 Å². The number of aldehydes is 1. The zero-order valence-corrected chi connectivity index (χ0v) is 18.1.